The summed E-state index contributed by atoms with van der Waals surface area (Å²) in [4.78, 5) is 2.02. The number of rotatable bonds is 3. The Bertz CT molecular complexity index is 967. The lowest BCUT2D eigenvalue weighted by Crippen LogP contribution is -2.28. The Morgan fingerprint density at radius 3 is 2.52 bits per heavy atom. The van der Waals surface area contributed by atoms with E-state index in [2.05, 4.69) is 20.6 Å². The number of anilines is 2. The lowest BCUT2D eigenvalue weighted by atomic mass is 10.2. The van der Waals surface area contributed by atoms with Crippen LogP contribution in [0, 0.1) is 13.8 Å². The van der Waals surface area contributed by atoms with Gasteiger partial charge < -0.3 is 10.2 Å². The van der Waals surface area contributed by atoms with Crippen molar-refractivity contribution >= 4 is 17.2 Å². The minimum absolute atomic E-state index is 0.140. The fourth-order valence-electron chi connectivity index (χ4n) is 3.43. The molecule has 0 radical (unpaired) electrons. The third-order valence-electron chi connectivity index (χ3n) is 4.95. The Balaban J connectivity index is 1.65. The summed E-state index contributed by atoms with van der Waals surface area (Å²) in [5.74, 6) is -0.553. The van der Waals surface area contributed by atoms with E-state index in [9.17, 15) is 13.2 Å². The first-order chi connectivity index (χ1) is 12.8. The molecule has 0 spiro atoms. The van der Waals surface area contributed by atoms with Crippen molar-refractivity contribution in [3.63, 3.8) is 0 Å². The van der Waals surface area contributed by atoms with Gasteiger partial charge in [-0.2, -0.15) is 17.7 Å². The summed E-state index contributed by atoms with van der Waals surface area (Å²) in [5, 5.41) is 14.7. The summed E-state index contributed by atoms with van der Waals surface area (Å²) in [5.41, 5.74) is 2.65. The van der Waals surface area contributed by atoms with E-state index in [0.717, 1.165) is 22.2 Å². The molecule has 0 saturated carbocycles. The Hall–Kier alpha value is -2.84. The molecule has 6 nitrogen and oxygen atoms in total. The monoisotopic (exact) mass is 376 g/mol. The van der Waals surface area contributed by atoms with E-state index in [0.29, 0.717) is 24.5 Å². The van der Waals surface area contributed by atoms with Crippen LogP contribution in [-0.2, 0) is 6.18 Å². The second-order valence-electron chi connectivity index (χ2n) is 6.77. The molecular weight excluding hydrogens is 357 g/mol. The van der Waals surface area contributed by atoms with Gasteiger partial charge in [0.15, 0.2) is 11.5 Å². The standard InChI is InChI=1S/C18H19F3N6/c1-11-12(2)16(25-27-15(11)23-24-17(27)18(19,20)21)26-9-8-14(10-26)22-13-6-4-3-5-7-13/h3-7,14,22H,8-10H2,1-2H3. The number of nitrogens with one attached hydrogen (secondary N) is 1. The highest BCUT2D eigenvalue weighted by Gasteiger charge is 2.38. The number of hydrogen-bond acceptors (Lipinski definition) is 5. The molecule has 0 amide bonds. The predicted molar refractivity (Wildman–Crippen MR) is 95.9 cm³/mol. The smallest absolute Gasteiger partial charge is 0.380 e. The Morgan fingerprint density at radius 2 is 1.81 bits per heavy atom. The topological polar surface area (TPSA) is 58.4 Å². The van der Waals surface area contributed by atoms with Gasteiger partial charge in [0, 0.05) is 35.9 Å². The molecule has 0 aliphatic carbocycles. The van der Waals surface area contributed by atoms with Crippen molar-refractivity contribution in [2.24, 2.45) is 0 Å². The number of halogens is 3. The van der Waals surface area contributed by atoms with E-state index < -0.39 is 12.0 Å². The van der Waals surface area contributed by atoms with Gasteiger partial charge in [0.1, 0.15) is 0 Å². The number of nitrogens with zero attached hydrogens (tertiary/aromatic N) is 5. The van der Waals surface area contributed by atoms with Gasteiger partial charge in [-0.25, -0.2) is 0 Å². The van der Waals surface area contributed by atoms with Crippen LogP contribution in [0.1, 0.15) is 23.4 Å². The molecule has 0 bridgehead atoms. The third-order valence-corrected chi connectivity index (χ3v) is 4.95. The maximum Gasteiger partial charge on any atom is 0.453 e. The average molecular weight is 376 g/mol. The molecule has 1 N–H and O–H groups in total. The normalized spacial score (nSPS) is 17.7. The average Bonchev–Trinajstić information content (AvgIpc) is 3.25. The van der Waals surface area contributed by atoms with Crippen molar-refractivity contribution in [3.8, 4) is 0 Å². The zero-order valence-corrected chi connectivity index (χ0v) is 15.0. The molecule has 142 valence electrons. The van der Waals surface area contributed by atoms with E-state index >= 15 is 0 Å². The predicted octanol–water partition coefficient (Wildman–Crippen LogP) is 3.45. The maximum absolute atomic E-state index is 13.2. The SMILES string of the molecule is Cc1c(N2CCC(Nc3ccccc3)C2)nn2c(C(F)(F)F)nnc2c1C. The third kappa shape index (κ3) is 3.17. The van der Waals surface area contributed by atoms with Gasteiger partial charge in [-0.1, -0.05) is 18.2 Å². The second-order valence-corrected chi connectivity index (χ2v) is 6.77. The molecular formula is C18H19F3N6. The van der Waals surface area contributed by atoms with Crippen molar-refractivity contribution in [3.05, 3.63) is 47.3 Å². The van der Waals surface area contributed by atoms with Gasteiger partial charge in [0.2, 0.25) is 0 Å². The lowest BCUT2D eigenvalue weighted by Gasteiger charge is -2.21. The summed E-state index contributed by atoms with van der Waals surface area (Å²) in [6.07, 6.45) is -3.73. The number of para-hydroxylation sites is 1. The lowest BCUT2D eigenvalue weighted by molar-refractivity contribution is -0.146. The van der Waals surface area contributed by atoms with Gasteiger partial charge in [0.25, 0.3) is 5.82 Å². The van der Waals surface area contributed by atoms with Crippen molar-refractivity contribution in [2.75, 3.05) is 23.3 Å². The largest absolute Gasteiger partial charge is 0.453 e. The summed E-state index contributed by atoms with van der Waals surface area (Å²) in [7, 11) is 0. The molecule has 3 heterocycles. The Morgan fingerprint density at radius 1 is 1.07 bits per heavy atom. The maximum atomic E-state index is 13.2. The van der Waals surface area contributed by atoms with E-state index in [1.54, 1.807) is 6.92 Å². The van der Waals surface area contributed by atoms with Crippen LogP contribution >= 0.6 is 0 Å². The Labute approximate surface area is 154 Å². The second kappa shape index (κ2) is 6.40. The van der Waals surface area contributed by atoms with E-state index in [1.807, 2.05) is 42.2 Å². The fourth-order valence-corrected chi connectivity index (χ4v) is 3.43. The summed E-state index contributed by atoms with van der Waals surface area (Å²) in [6, 6.07) is 10.1. The van der Waals surface area contributed by atoms with E-state index in [1.165, 1.54) is 0 Å². The highest BCUT2D eigenvalue weighted by molar-refractivity contribution is 5.60. The number of benzene rings is 1. The van der Waals surface area contributed by atoms with Gasteiger partial charge in [-0.05, 0) is 32.4 Å². The Kier molecular flexibility index (Phi) is 4.16. The van der Waals surface area contributed by atoms with Crippen LogP contribution in [0.2, 0.25) is 0 Å². The molecule has 1 aliphatic rings. The van der Waals surface area contributed by atoms with Crippen LogP contribution in [0.4, 0.5) is 24.7 Å². The van der Waals surface area contributed by atoms with Crippen molar-refractivity contribution < 1.29 is 13.2 Å². The zero-order chi connectivity index (χ0) is 19.2. The molecule has 1 saturated heterocycles. The number of aromatic nitrogens is 4. The first-order valence-electron chi connectivity index (χ1n) is 8.71. The van der Waals surface area contributed by atoms with E-state index in [4.69, 9.17) is 0 Å². The molecule has 9 heteroatoms. The first-order valence-corrected chi connectivity index (χ1v) is 8.71. The van der Waals surface area contributed by atoms with Gasteiger partial charge in [-0.3, -0.25) is 0 Å². The molecule has 4 rings (SSSR count). The zero-order valence-electron chi connectivity index (χ0n) is 15.0. The molecule has 1 atom stereocenters. The van der Waals surface area contributed by atoms with Crippen molar-refractivity contribution in [1.29, 1.82) is 0 Å². The van der Waals surface area contributed by atoms with Crippen LogP contribution in [0.5, 0.6) is 0 Å². The van der Waals surface area contributed by atoms with Gasteiger partial charge in [0.05, 0.1) is 0 Å². The number of aryl methyl sites for hydroxylation is 1. The van der Waals surface area contributed by atoms with Crippen LogP contribution in [-0.4, -0.2) is 38.9 Å². The highest BCUT2D eigenvalue weighted by atomic mass is 19.4. The molecule has 27 heavy (non-hydrogen) atoms. The van der Waals surface area contributed by atoms with E-state index in [-0.39, 0.29) is 11.7 Å². The molecule has 3 aromatic rings. The molecule has 1 unspecified atom stereocenters. The van der Waals surface area contributed by atoms with Gasteiger partial charge in [-0.15, -0.1) is 15.3 Å². The van der Waals surface area contributed by atoms with Crippen LogP contribution in [0.3, 0.4) is 0 Å². The minimum Gasteiger partial charge on any atom is -0.380 e. The molecule has 1 aromatic carbocycles. The summed E-state index contributed by atoms with van der Waals surface area (Å²) >= 11 is 0. The van der Waals surface area contributed by atoms with Crippen LogP contribution in [0.15, 0.2) is 30.3 Å². The first kappa shape index (κ1) is 17.6. The fraction of sp³-hybridized carbons (Fsp3) is 0.389. The van der Waals surface area contributed by atoms with Gasteiger partial charge >= 0.3 is 6.18 Å². The van der Waals surface area contributed by atoms with Crippen LogP contribution < -0.4 is 10.2 Å². The number of hydrogen-bond donors (Lipinski definition) is 1. The minimum atomic E-state index is -4.60. The number of fused-ring (bicyclic) bond motifs is 1. The van der Waals surface area contributed by atoms with Crippen LogP contribution in [0.25, 0.3) is 5.65 Å². The van der Waals surface area contributed by atoms with Crippen molar-refractivity contribution in [2.45, 2.75) is 32.5 Å². The summed E-state index contributed by atoms with van der Waals surface area (Å²) < 4.78 is 40.4. The van der Waals surface area contributed by atoms with Crippen molar-refractivity contribution in [1.82, 2.24) is 19.8 Å². The summed E-state index contributed by atoms with van der Waals surface area (Å²) in [6.45, 7) is 4.99. The molecule has 1 fully saturated rings. The highest BCUT2D eigenvalue weighted by Crippen LogP contribution is 2.31. The molecule has 1 aliphatic heterocycles. The molecule has 2 aromatic heterocycles. The number of alkyl halides is 3. The quantitative estimate of drug-likeness (QED) is 0.759.